The first-order chi connectivity index (χ1) is 14.9. The number of amides is 2. The van der Waals surface area contributed by atoms with Gasteiger partial charge < -0.3 is 9.73 Å². The number of nitrogens with one attached hydrogen (secondary N) is 1. The van der Waals surface area contributed by atoms with Gasteiger partial charge in [-0.2, -0.15) is 0 Å². The first kappa shape index (κ1) is 18.1. The van der Waals surface area contributed by atoms with Gasteiger partial charge in [-0.15, -0.1) is 0 Å². The molecular weight excluding hydrogens is 416 g/mol. The summed E-state index contributed by atoms with van der Waals surface area (Å²) in [5.41, 5.74) is 2.20. The molecule has 2 amide bonds. The van der Waals surface area contributed by atoms with Crippen molar-refractivity contribution in [2.24, 2.45) is 0 Å². The third kappa shape index (κ3) is 2.68. The number of sulfonamides is 1. The average Bonchev–Trinajstić information content (AvgIpc) is 3.48. The van der Waals surface area contributed by atoms with E-state index in [1.165, 1.54) is 18.2 Å². The van der Waals surface area contributed by atoms with Crippen LogP contribution >= 0.6 is 0 Å². The van der Waals surface area contributed by atoms with Crippen LogP contribution in [-0.2, 0) is 10.0 Å². The number of nitrogens with zero attached hydrogens (tertiary/aromatic N) is 1. The minimum Gasteiger partial charge on any atom is -0.456 e. The lowest BCUT2D eigenvalue weighted by Crippen LogP contribution is -2.31. The zero-order chi connectivity index (χ0) is 21.3. The smallest absolute Gasteiger partial charge is 0.269 e. The van der Waals surface area contributed by atoms with Crippen molar-refractivity contribution in [3.63, 3.8) is 0 Å². The summed E-state index contributed by atoms with van der Waals surface area (Å²) >= 11 is 0. The highest BCUT2D eigenvalue weighted by atomic mass is 32.2. The van der Waals surface area contributed by atoms with Crippen molar-refractivity contribution in [3.8, 4) is 0 Å². The van der Waals surface area contributed by atoms with Crippen molar-refractivity contribution in [1.82, 2.24) is 4.31 Å². The number of hydrogen-bond acceptors (Lipinski definition) is 5. The molecular formula is C23H16N2O5S. The number of furan rings is 1. The van der Waals surface area contributed by atoms with Crippen molar-refractivity contribution in [2.75, 3.05) is 5.32 Å². The second kappa shape index (κ2) is 6.18. The van der Waals surface area contributed by atoms with Gasteiger partial charge >= 0.3 is 0 Å². The van der Waals surface area contributed by atoms with Gasteiger partial charge in [0.2, 0.25) is 0 Å². The molecule has 1 aliphatic carbocycles. The summed E-state index contributed by atoms with van der Waals surface area (Å²) in [7, 11) is -3.92. The molecule has 1 aromatic heterocycles. The molecule has 0 spiro atoms. The van der Waals surface area contributed by atoms with Crippen LogP contribution in [0.2, 0.25) is 0 Å². The molecule has 31 heavy (non-hydrogen) atoms. The number of para-hydroxylation sites is 1. The fourth-order valence-corrected chi connectivity index (χ4v) is 5.91. The number of anilines is 1. The lowest BCUT2D eigenvalue weighted by molar-refractivity contribution is 0.0864. The molecule has 8 heteroatoms. The second-order valence-electron chi connectivity index (χ2n) is 7.81. The van der Waals surface area contributed by atoms with E-state index in [0.29, 0.717) is 24.1 Å². The molecule has 0 radical (unpaired) electrons. The monoisotopic (exact) mass is 432 g/mol. The molecule has 154 valence electrons. The van der Waals surface area contributed by atoms with E-state index < -0.39 is 21.8 Å². The molecule has 1 N–H and O–H groups in total. The van der Waals surface area contributed by atoms with Gasteiger partial charge in [0.15, 0.2) is 0 Å². The molecule has 3 aromatic carbocycles. The highest BCUT2D eigenvalue weighted by Crippen LogP contribution is 2.39. The first-order valence-corrected chi connectivity index (χ1v) is 11.3. The van der Waals surface area contributed by atoms with Crippen LogP contribution in [0.15, 0.2) is 70.0 Å². The Labute approximate surface area is 177 Å². The van der Waals surface area contributed by atoms with E-state index in [1.807, 2.05) is 30.3 Å². The minimum atomic E-state index is -3.92. The van der Waals surface area contributed by atoms with Gasteiger partial charge in [0.25, 0.3) is 21.8 Å². The predicted octanol–water partition coefficient (Wildman–Crippen LogP) is 4.15. The fraction of sp³-hybridized carbons (Fsp3) is 0.130. The Morgan fingerprint density at radius 1 is 0.968 bits per heavy atom. The highest BCUT2D eigenvalue weighted by Gasteiger charge is 2.48. The molecule has 0 saturated heterocycles. The summed E-state index contributed by atoms with van der Waals surface area (Å²) in [4.78, 5) is 25.2. The average molecular weight is 432 g/mol. The van der Waals surface area contributed by atoms with Crippen molar-refractivity contribution in [2.45, 2.75) is 23.8 Å². The Morgan fingerprint density at radius 3 is 2.55 bits per heavy atom. The Kier molecular flexibility index (Phi) is 3.62. The predicted molar refractivity (Wildman–Crippen MR) is 114 cm³/mol. The molecule has 0 unspecified atom stereocenters. The van der Waals surface area contributed by atoms with Gasteiger partial charge in [-0.1, -0.05) is 18.2 Å². The van der Waals surface area contributed by atoms with Gasteiger partial charge in [0.1, 0.15) is 16.1 Å². The molecule has 2 aliphatic rings. The number of carbonyl (C=O) groups is 2. The quantitative estimate of drug-likeness (QED) is 0.525. The summed E-state index contributed by atoms with van der Waals surface area (Å²) in [6.07, 6.45) is 1.35. The largest absolute Gasteiger partial charge is 0.456 e. The summed E-state index contributed by atoms with van der Waals surface area (Å²) < 4.78 is 32.4. The van der Waals surface area contributed by atoms with Crippen LogP contribution in [0.1, 0.15) is 33.6 Å². The number of fused-ring (bicyclic) bond motifs is 4. The molecule has 0 atom stereocenters. The molecule has 6 rings (SSSR count). The molecule has 1 fully saturated rings. The Balaban J connectivity index is 1.33. The van der Waals surface area contributed by atoms with Crippen LogP contribution in [0.4, 0.5) is 5.69 Å². The second-order valence-corrected chi connectivity index (χ2v) is 9.59. The highest BCUT2D eigenvalue weighted by molar-refractivity contribution is 7.90. The molecule has 1 saturated carbocycles. The van der Waals surface area contributed by atoms with Gasteiger partial charge in [-0.05, 0) is 49.2 Å². The van der Waals surface area contributed by atoms with Crippen LogP contribution in [0.25, 0.3) is 21.9 Å². The molecule has 4 aromatic rings. The normalized spacial score (nSPS) is 17.3. The van der Waals surface area contributed by atoms with Gasteiger partial charge in [0, 0.05) is 34.1 Å². The van der Waals surface area contributed by atoms with Crippen molar-refractivity contribution < 1.29 is 22.4 Å². The summed E-state index contributed by atoms with van der Waals surface area (Å²) in [5.74, 6) is -0.981. The third-order valence-electron chi connectivity index (χ3n) is 5.73. The lowest BCUT2D eigenvalue weighted by Gasteiger charge is -2.13. The van der Waals surface area contributed by atoms with Crippen LogP contribution in [0, 0.1) is 0 Å². The number of rotatable bonds is 3. The van der Waals surface area contributed by atoms with Gasteiger partial charge in [-0.3, -0.25) is 9.59 Å². The SMILES string of the molecule is O=C(Nc1ccc2c(c1)oc1ccccc12)c1ccc2c(c1)S(=O)(=O)N(C1CC1)C2=O. The van der Waals surface area contributed by atoms with E-state index in [2.05, 4.69) is 5.32 Å². The van der Waals surface area contributed by atoms with E-state index in [0.717, 1.165) is 20.7 Å². The number of hydrogen-bond donors (Lipinski definition) is 1. The van der Waals surface area contributed by atoms with Gasteiger partial charge in [-0.25, -0.2) is 12.7 Å². The fourth-order valence-electron chi connectivity index (χ4n) is 4.07. The Hall–Kier alpha value is -3.65. The van der Waals surface area contributed by atoms with Crippen LogP contribution in [0.3, 0.4) is 0 Å². The van der Waals surface area contributed by atoms with Crippen LogP contribution in [0.5, 0.6) is 0 Å². The summed E-state index contributed by atoms with van der Waals surface area (Å²) in [6.45, 7) is 0. The standard InChI is InChI=1S/C23H16N2O5S/c26-22(24-14-6-10-17-16-3-1-2-4-19(16)30-20(17)12-14)13-5-9-18-21(11-13)31(28,29)25(23(18)27)15-7-8-15/h1-6,9-12,15H,7-8H2,(H,24,26). The number of benzene rings is 3. The van der Waals surface area contributed by atoms with E-state index in [9.17, 15) is 18.0 Å². The maximum Gasteiger partial charge on any atom is 0.269 e. The van der Waals surface area contributed by atoms with Crippen molar-refractivity contribution >= 4 is 49.5 Å². The van der Waals surface area contributed by atoms with Crippen molar-refractivity contribution in [1.29, 1.82) is 0 Å². The molecule has 2 heterocycles. The van der Waals surface area contributed by atoms with E-state index in [-0.39, 0.29) is 22.1 Å². The van der Waals surface area contributed by atoms with Gasteiger partial charge in [0.05, 0.1) is 5.56 Å². The van der Waals surface area contributed by atoms with E-state index in [4.69, 9.17) is 4.42 Å². The Morgan fingerprint density at radius 2 is 1.74 bits per heavy atom. The maximum atomic E-state index is 12.8. The van der Waals surface area contributed by atoms with Crippen molar-refractivity contribution in [3.05, 3.63) is 71.8 Å². The molecule has 1 aliphatic heterocycles. The topological polar surface area (TPSA) is 96.7 Å². The lowest BCUT2D eigenvalue weighted by atomic mass is 10.1. The summed E-state index contributed by atoms with van der Waals surface area (Å²) in [6, 6.07) is 16.9. The Bertz CT molecular complexity index is 1530. The zero-order valence-corrected chi connectivity index (χ0v) is 17.0. The summed E-state index contributed by atoms with van der Waals surface area (Å²) in [5, 5.41) is 4.71. The zero-order valence-electron chi connectivity index (χ0n) is 16.2. The minimum absolute atomic E-state index is 0.107. The molecule has 0 bridgehead atoms. The van der Waals surface area contributed by atoms with Crippen LogP contribution < -0.4 is 5.32 Å². The maximum absolute atomic E-state index is 12.8. The molecule has 7 nitrogen and oxygen atoms in total. The van der Waals surface area contributed by atoms with Crippen LogP contribution in [-0.4, -0.2) is 30.6 Å². The first-order valence-electron chi connectivity index (χ1n) is 9.89. The van der Waals surface area contributed by atoms with E-state index >= 15 is 0 Å². The number of carbonyl (C=O) groups excluding carboxylic acids is 2. The van der Waals surface area contributed by atoms with E-state index in [1.54, 1.807) is 12.1 Å². The third-order valence-corrected chi connectivity index (χ3v) is 7.60.